The Morgan fingerprint density at radius 2 is 1.11 bits per heavy atom. The molecule has 4 atom stereocenters. The molecular weight excluding hydrogens is 462 g/mol. The smallest absolute Gasteiger partial charge is 0.239 e. The van der Waals surface area contributed by atoms with Crippen LogP contribution in [-0.2, 0) is 14.4 Å². The number of imide groups is 1. The van der Waals surface area contributed by atoms with Crippen LogP contribution in [0.15, 0.2) is 84.9 Å². The van der Waals surface area contributed by atoms with Gasteiger partial charge in [-0.15, -0.1) is 0 Å². The zero-order valence-corrected chi connectivity index (χ0v) is 21.2. The summed E-state index contributed by atoms with van der Waals surface area (Å²) < 4.78 is 5.27. The van der Waals surface area contributed by atoms with E-state index >= 15 is 0 Å². The summed E-state index contributed by atoms with van der Waals surface area (Å²) in [6, 6.07) is 26.8. The second-order valence-corrected chi connectivity index (χ2v) is 10.1. The maximum absolute atomic E-state index is 14.7. The number of hydrogen-bond donors (Lipinski definition) is 0. The summed E-state index contributed by atoms with van der Waals surface area (Å²) in [5, 5.41) is 0. The van der Waals surface area contributed by atoms with Gasteiger partial charge in [-0.2, -0.15) is 0 Å². The highest BCUT2D eigenvalue weighted by atomic mass is 16.5. The van der Waals surface area contributed by atoms with Crippen LogP contribution in [-0.4, -0.2) is 24.7 Å². The molecule has 1 heterocycles. The lowest BCUT2D eigenvalue weighted by Crippen LogP contribution is -2.41. The van der Waals surface area contributed by atoms with E-state index in [4.69, 9.17) is 4.74 Å². The number of allylic oxidation sites excluding steroid dienone is 2. The van der Waals surface area contributed by atoms with Crippen LogP contribution in [0.5, 0.6) is 5.75 Å². The van der Waals surface area contributed by atoms with Crippen molar-refractivity contribution >= 4 is 34.4 Å². The van der Waals surface area contributed by atoms with Crippen LogP contribution < -0.4 is 9.64 Å². The van der Waals surface area contributed by atoms with Crippen molar-refractivity contribution in [3.63, 3.8) is 0 Å². The van der Waals surface area contributed by atoms with Crippen LogP contribution in [0, 0.1) is 22.7 Å². The molecule has 5 nitrogen and oxygen atoms in total. The highest BCUT2D eigenvalue weighted by Crippen LogP contribution is 2.75. The maximum Gasteiger partial charge on any atom is 0.239 e. The molecule has 2 amide bonds. The number of hydrogen-bond acceptors (Lipinski definition) is 4. The fraction of sp³-hybridized carbons (Fsp3) is 0.281. The minimum absolute atomic E-state index is 0.0220. The van der Waals surface area contributed by atoms with Gasteiger partial charge < -0.3 is 4.74 Å². The van der Waals surface area contributed by atoms with Crippen molar-refractivity contribution in [2.24, 2.45) is 22.7 Å². The number of carbonyl (C=O) groups is 3. The van der Waals surface area contributed by atoms with Gasteiger partial charge in [0, 0.05) is 0 Å². The van der Waals surface area contributed by atoms with Gasteiger partial charge in [0.25, 0.3) is 0 Å². The number of nitrogens with zero attached hydrogens (tertiary/aromatic N) is 1. The van der Waals surface area contributed by atoms with E-state index in [-0.39, 0.29) is 17.6 Å². The van der Waals surface area contributed by atoms with E-state index in [1.54, 1.807) is 31.4 Å². The topological polar surface area (TPSA) is 63.7 Å². The van der Waals surface area contributed by atoms with Gasteiger partial charge in [-0.3, -0.25) is 14.4 Å². The van der Waals surface area contributed by atoms with Crippen molar-refractivity contribution in [2.45, 2.75) is 26.7 Å². The summed E-state index contributed by atoms with van der Waals surface area (Å²) in [5.41, 5.74) is 2.07. The lowest BCUT2D eigenvalue weighted by Gasteiger charge is -2.38. The first kappa shape index (κ1) is 23.4. The third-order valence-electron chi connectivity index (χ3n) is 8.89. The second-order valence-electron chi connectivity index (χ2n) is 10.1. The lowest BCUT2D eigenvalue weighted by atomic mass is 9.60. The molecule has 0 radical (unpaired) electrons. The van der Waals surface area contributed by atoms with Gasteiger partial charge in [0.2, 0.25) is 11.8 Å². The van der Waals surface area contributed by atoms with E-state index in [2.05, 4.69) is 0 Å². The Hall–Kier alpha value is -3.99. The molecule has 3 aromatic rings. The molecule has 1 saturated heterocycles. The second kappa shape index (κ2) is 8.27. The van der Waals surface area contributed by atoms with Gasteiger partial charge in [-0.05, 0) is 59.4 Å². The van der Waals surface area contributed by atoms with Gasteiger partial charge in [0.05, 0.1) is 35.5 Å². The van der Waals surface area contributed by atoms with Crippen molar-refractivity contribution < 1.29 is 19.1 Å². The predicted molar refractivity (Wildman–Crippen MR) is 143 cm³/mol. The van der Waals surface area contributed by atoms with Crippen molar-refractivity contribution in [3.05, 3.63) is 96.1 Å². The molecule has 3 aromatic carbocycles. The Kier molecular flexibility index (Phi) is 5.23. The van der Waals surface area contributed by atoms with Gasteiger partial charge >= 0.3 is 0 Å². The molecule has 186 valence electrons. The Bertz CT molecular complexity index is 1360. The van der Waals surface area contributed by atoms with Crippen LogP contribution in [0.1, 0.15) is 37.8 Å². The first-order valence-corrected chi connectivity index (χ1v) is 12.9. The van der Waals surface area contributed by atoms with Gasteiger partial charge in [-0.25, -0.2) is 4.90 Å². The zero-order valence-electron chi connectivity index (χ0n) is 21.2. The van der Waals surface area contributed by atoms with Crippen molar-refractivity contribution in [3.8, 4) is 5.75 Å². The number of benzene rings is 3. The van der Waals surface area contributed by atoms with Crippen LogP contribution in [0.4, 0.5) is 5.69 Å². The lowest BCUT2D eigenvalue weighted by molar-refractivity contribution is -0.134. The Balaban J connectivity index is 1.64. The minimum Gasteiger partial charge on any atom is -0.497 e. The number of methoxy groups -OCH3 is 1. The number of fused-ring (bicyclic) bond motifs is 5. The number of carbonyl (C=O) groups excluding carboxylic acids is 3. The summed E-state index contributed by atoms with van der Waals surface area (Å²) in [4.78, 5) is 44.5. The van der Waals surface area contributed by atoms with E-state index in [0.717, 1.165) is 22.3 Å². The van der Waals surface area contributed by atoms with Crippen LogP contribution in [0.2, 0.25) is 0 Å². The monoisotopic (exact) mass is 491 g/mol. The molecule has 5 heteroatoms. The van der Waals surface area contributed by atoms with Crippen LogP contribution in [0.25, 0.3) is 11.1 Å². The number of rotatable bonds is 6. The SMILES string of the molecule is CC[C@]12C(=O)[C@](CC)(C(c3ccccc3)=C1c1ccccc1)[C@@H]1C(=O)N(c3ccc(OC)cc3)C(=O)[C@H]12. The van der Waals surface area contributed by atoms with Gasteiger partial charge in [0.1, 0.15) is 5.75 Å². The van der Waals surface area contributed by atoms with Gasteiger partial charge in [-0.1, -0.05) is 74.5 Å². The van der Waals surface area contributed by atoms with E-state index in [1.165, 1.54) is 4.90 Å². The highest BCUT2D eigenvalue weighted by Gasteiger charge is 2.80. The Morgan fingerprint density at radius 3 is 1.49 bits per heavy atom. The molecule has 0 unspecified atom stereocenters. The van der Waals surface area contributed by atoms with Crippen LogP contribution >= 0.6 is 0 Å². The fourth-order valence-corrected chi connectivity index (χ4v) is 7.44. The fourth-order valence-electron chi connectivity index (χ4n) is 7.44. The molecule has 0 N–H and O–H groups in total. The summed E-state index contributed by atoms with van der Waals surface area (Å²) >= 11 is 0. The summed E-state index contributed by atoms with van der Waals surface area (Å²) in [6.45, 7) is 3.96. The average Bonchev–Trinajstić information content (AvgIpc) is 3.45. The molecule has 1 saturated carbocycles. The van der Waals surface area contributed by atoms with Crippen molar-refractivity contribution in [1.29, 1.82) is 0 Å². The third-order valence-corrected chi connectivity index (χ3v) is 8.89. The highest BCUT2D eigenvalue weighted by molar-refractivity contribution is 6.34. The standard InChI is InChI=1S/C32H29NO4/c1-4-31-24(20-12-8-6-9-13-20)25(21-14-10-7-11-15-21)32(5-2,30(31)36)27-26(31)28(34)33(29(27)35)22-16-18-23(37-3)19-17-22/h6-19,26-27H,4-5H2,1-3H3/t26-,27-,31-,32+/m0/s1. The summed E-state index contributed by atoms with van der Waals surface area (Å²) in [6.07, 6.45) is 0.898. The third kappa shape index (κ3) is 2.77. The first-order chi connectivity index (χ1) is 18.0. The minimum atomic E-state index is -1.07. The molecule has 0 spiro atoms. The number of ketones is 1. The molecule has 0 aromatic heterocycles. The molecule has 3 aliphatic rings. The summed E-state index contributed by atoms with van der Waals surface area (Å²) in [5.74, 6) is -1.37. The Labute approximate surface area is 216 Å². The largest absolute Gasteiger partial charge is 0.497 e. The summed E-state index contributed by atoms with van der Waals surface area (Å²) in [7, 11) is 1.58. The van der Waals surface area contributed by atoms with E-state index in [1.807, 2.05) is 74.5 Å². The quantitative estimate of drug-likeness (QED) is 0.409. The number of amides is 2. The maximum atomic E-state index is 14.7. The normalized spacial score (nSPS) is 28.3. The van der Waals surface area contributed by atoms with Crippen molar-refractivity contribution in [1.82, 2.24) is 0 Å². The van der Waals surface area contributed by atoms with E-state index < -0.39 is 22.7 Å². The first-order valence-electron chi connectivity index (χ1n) is 12.9. The number of Topliss-reactive ketones (excluding diaryl/α,β-unsaturated/α-hetero) is 1. The molecule has 2 bridgehead atoms. The molecule has 6 rings (SSSR count). The van der Waals surface area contributed by atoms with E-state index in [9.17, 15) is 14.4 Å². The molecule has 37 heavy (non-hydrogen) atoms. The number of ether oxygens (including phenoxy) is 1. The average molecular weight is 492 g/mol. The molecular formula is C32H29NO4. The molecule has 1 aliphatic heterocycles. The Morgan fingerprint density at radius 1 is 0.676 bits per heavy atom. The molecule has 2 aliphatic carbocycles. The van der Waals surface area contributed by atoms with Crippen LogP contribution in [0.3, 0.4) is 0 Å². The van der Waals surface area contributed by atoms with E-state index in [0.29, 0.717) is 24.3 Å². The van der Waals surface area contributed by atoms with Gasteiger partial charge in [0.15, 0.2) is 5.78 Å². The number of anilines is 1. The van der Waals surface area contributed by atoms with Crippen molar-refractivity contribution in [2.75, 3.05) is 12.0 Å². The predicted octanol–water partition coefficient (Wildman–Crippen LogP) is 5.80. The molecule has 2 fully saturated rings. The zero-order chi connectivity index (χ0) is 25.9.